The van der Waals surface area contributed by atoms with E-state index in [1.54, 1.807) is 0 Å². The monoisotopic (exact) mass is 421 g/mol. The molecule has 1 aromatic carbocycles. The molecule has 2 aromatic rings. The molecule has 1 saturated heterocycles. The van der Waals surface area contributed by atoms with Crippen molar-refractivity contribution in [1.29, 1.82) is 0 Å². The van der Waals surface area contributed by atoms with E-state index < -0.39 is 5.60 Å². The molecule has 1 fully saturated rings. The maximum absolute atomic E-state index is 13.5. The molecule has 166 valence electrons. The second-order valence-corrected chi connectivity index (χ2v) is 10.5. The van der Waals surface area contributed by atoms with Gasteiger partial charge in [-0.1, -0.05) is 24.3 Å². The van der Waals surface area contributed by atoms with Crippen LogP contribution in [0.5, 0.6) is 0 Å². The van der Waals surface area contributed by atoms with E-state index in [4.69, 9.17) is 0 Å². The Balaban J connectivity index is 1.63. The molecule has 5 heteroatoms. The van der Waals surface area contributed by atoms with Crippen molar-refractivity contribution in [2.45, 2.75) is 89.4 Å². The highest BCUT2D eigenvalue weighted by Gasteiger charge is 2.63. The smallest absolute Gasteiger partial charge is 0.271 e. The van der Waals surface area contributed by atoms with Crippen LogP contribution in [-0.2, 0) is 24.7 Å². The first kappa shape index (κ1) is 20.8. The summed E-state index contributed by atoms with van der Waals surface area (Å²) in [5.41, 5.74) is 5.48. The van der Waals surface area contributed by atoms with Crippen molar-refractivity contribution in [3.8, 4) is 0 Å². The van der Waals surface area contributed by atoms with Gasteiger partial charge in [0.25, 0.3) is 5.91 Å². The minimum atomic E-state index is -0.838. The van der Waals surface area contributed by atoms with Crippen LogP contribution in [0.2, 0.25) is 0 Å². The van der Waals surface area contributed by atoms with Crippen molar-refractivity contribution in [3.63, 3.8) is 0 Å². The third kappa shape index (κ3) is 2.72. The van der Waals surface area contributed by atoms with Gasteiger partial charge in [-0.3, -0.25) is 4.79 Å². The van der Waals surface area contributed by atoms with Gasteiger partial charge in [0.05, 0.1) is 5.60 Å². The fourth-order valence-electron chi connectivity index (χ4n) is 6.87. The van der Waals surface area contributed by atoms with Gasteiger partial charge in [0.2, 0.25) is 0 Å². The van der Waals surface area contributed by atoms with Crippen LogP contribution in [0.4, 0.5) is 0 Å². The molecule has 3 aliphatic rings. The number of nitrogens with one attached hydrogen (secondary N) is 2. The Morgan fingerprint density at radius 3 is 2.58 bits per heavy atom. The molecule has 31 heavy (non-hydrogen) atoms. The van der Waals surface area contributed by atoms with Crippen molar-refractivity contribution in [3.05, 3.63) is 57.9 Å². The van der Waals surface area contributed by atoms with Gasteiger partial charge in [-0.2, -0.15) is 0 Å². The number of rotatable bonds is 3. The second kappa shape index (κ2) is 6.94. The highest BCUT2D eigenvalue weighted by atomic mass is 16.3. The SMILES string of the molecule is Cc1c(C(=O)N(C(C)C)C(C)C)[nH]c2c1CC1(O)C3Cc4ccccc4C1(CCN3)C2. The number of piperidine rings is 1. The minimum absolute atomic E-state index is 0.0422. The van der Waals surface area contributed by atoms with Gasteiger partial charge in [-0.15, -0.1) is 0 Å². The number of amides is 1. The highest BCUT2D eigenvalue weighted by molar-refractivity contribution is 5.95. The van der Waals surface area contributed by atoms with Crippen LogP contribution in [0.25, 0.3) is 0 Å². The lowest BCUT2D eigenvalue weighted by Crippen LogP contribution is -2.73. The van der Waals surface area contributed by atoms with E-state index in [1.165, 1.54) is 11.1 Å². The Morgan fingerprint density at radius 2 is 1.87 bits per heavy atom. The normalized spacial score (nSPS) is 28.8. The number of benzene rings is 1. The summed E-state index contributed by atoms with van der Waals surface area (Å²) in [5, 5.41) is 15.9. The summed E-state index contributed by atoms with van der Waals surface area (Å²) < 4.78 is 0. The summed E-state index contributed by atoms with van der Waals surface area (Å²) >= 11 is 0. The Labute approximate surface area is 185 Å². The molecule has 2 heterocycles. The number of aromatic nitrogens is 1. The van der Waals surface area contributed by atoms with Crippen LogP contribution >= 0.6 is 0 Å². The Hall–Kier alpha value is -2.11. The maximum Gasteiger partial charge on any atom is 0.271 e. The molecule has 3 unspecified atom stereocenters. The van der Waals surface area contributed by atoms with Crippen molar-refractivity contribution < 1.29 is 9.90 Å². The highest BCUT2D eigenvalue weighted by Crippen LogP contribution is 2.55. The largest absolute Gasteiger partial charge is 0.387 e. The molecular weight excluding hydrogens is 386 g/mol. The number of carbonyl (C=O) groups excluding carboxylic acids is 1. The number of H-pyrrole nitrogens is 1. The number of fused-ring (bicyclic) bond motifs is 2. The van der Waals surface area contributed by atoms with Crippen molar-refractivity contribution in [2.24, 2.45) is 0 Å². The number of aromatic amines is 1. The quantitative estimate of drug-likeness (QED) is 0.713. The van der Waals surface area contributed by atoms with Crippen molar-refractivity contribution in [2.75, 3.05) is 6.54 Å². The molecular formula is C26H35N3O2. The van der Waals surface area contributed by atoms with Crippen molar-refractivity contribution >= 4 is 5.91 Å². The lowest BCUT2D eigenvalue weighted by molar-refractivity contribution is -0.106. The van der Waals surface area contributed by atoms with Gasteiger partial charge in [-0.05, 0) is 76.3 Å². The molecule has 2 aliphatic carbocycles. The van der Waals surface area contributed by atoms with Gasteiger partial charge >= 0.3 is 0 Å². The maximum atomic E-state index is 13.5. The number of nitrogens with zero attached hydrogens (tertiary/aromatic N) is 1. The van der Waals surface area contributed by atoms with Crippen molar-refractivity contribution in [1.82, 2.24) is 15.2 Å². The third-order valence-electron chi connectivity index (χ3n) is 8.26. The number of hydrogen-bond acceptors (Lipinski definition) is 3. The fraction of sp³-hybridized carbons (Fsp3) is 0.577. The molecule has 1 aliphatic heterocycles. The number of hydrogen-bond donors (Lipinski definition) is 3. The van der Waals surface area contributed by atoms with Crippen LogP contribution in [0.1, 0.15) is 72.6 Å². The molecule has 1 amide bonds. The number of carbonyl (C=O) groups is 1. The van der Waals surface area contributed by atoms with Crippen LogP contribution < -0.4 is 5.32 Å². The Kier molecular flexibility index (Phi) is 4.65. The average molecular weight is 422 g/mol. The zero-order valence-electron chi connectivity index (χ0n) is 19.4. The molecule has 3 N–H and O–H groups in total. The first-order chi connectivity index (χ1) is 14.7. The Morgan fingerprint density at radius 1 is 1.16 bits per heavy atom. The molecule has 5 nitrogen and oxygen atoms in total. The topological polar surface area (TPSA) is 68.4 Å². The van der Waals surface area contributed by atoms with Crippen LogP contribution in [-0.4, -0.2) is 51.2 Å². The van der Waals surface area contributed by atoms with E-state index in [1.807, 2.05) is 11.8 Å². The van der Waals surface area contributed by atoms with E-state index in [2.05, 4.69) is 62.3 Å². The molecule has 1 aromatic heterocycles. The lowest BCUT2D eigenvalue weighted by Gasteiger charge is -2.60. The zero-order valence-corrected chi connectivity index (χ0v) is 19.4. The van der Waals surface area contributed by atoms with Gasteiger partial charge in [0.1, 0.15) is 5.69 Å². The molecule has 5 rings (SSSR count). The first-order valence-corrected chi connectivity index (χ1v) is 11.8. The van der Waals surface area contributed by atoms with Gasteiger partial charge in [0.15, 0.2) is 0 Å². The lowest BCUT2D eigenvalue weighted by atomic mass is 9.50. The fourth-order valence-corrected chi connectivity index (χ4v) is 6.87. The van der Waals surface area contributed by atoms with E-state index in [9.17, 15) is 9.90 Å². The first-order valence-electron chi connectivity index (χ1n) is 11.8. The summed E-state index contributed by atoms with van der Waals surface area (Å²) in [5.74, 6) is 0.0610. The molecule has 2 bridgehead atoms. The molecule has 0 saturated carbocycles. The van der Waals surface area contributed by atoms with E-state index in [0.29, 0.717) is 12.1 Å². The van der Waals surface area contributed by atoms with E-state index in [-0.39, 0.29) is 29.4 Å². The van der Waals surface area contributed by atoms with E-state index in [0.717, 1.165) is 42.6 Å². The molecule has 0 spiro atoms. The summed E-state index contributed by atoms with van der Waals surface area (Å²) in [4.78, 5) is 19.0. The van der Waals surface area contributed by atoms with Crippen LogP contribution in [0.15, 0.2) is 24.3 Å². The molecule has 0 radical (unpaired) electrons. The summed E-state index contributed by atoms with van der Waals surface area (Å²) in [6.07, 6.45) is 3.11. The third-order valence-corrected chi connectivity index (χ3v) is 8.26. The van der Waals surface area contributed by atoms with Gasteiger partial charge < -0.3 is 20.3 Å². The minimum Gasteiger partial charge on any atom is -0.387 e. The van der Waals surface area contributed by atoms with Crippen LogP contribution in [0.3, 0.4) is 0 Å². The second-order valence-electron chi connectivity index (χ2n) is 10.5. The average Bonchev–Trinajstić information content (AvgIpc) is 3.00. The van der Waals surface area contributed by atoms with E-state index >= 15 is 0 Å². The van der Waals surface area contributed by atoms with Crippen LogP contribution in [0, 0.1) is 6.92 Å². The summed E-state index contributed by atoms with van der Waals surface area (Å²) in [6.45, 7) is 11.2. The predicted molar refractivity (Wildman–Crippen MR) is 123 cm³/mol. The van der Waals surface area contributed by atoms with Gasteiger partial charge in [-0.25, -0.2) is 0 Å². The van der Waals surface area contributed by atoms with Gasteiger partial charge in [0, 0.05) is 42.1 Å². The predicted octanol–water partition coefficient (Wildman–Crippen LogP) is 3.27. The standard InChI is InChI=1S/C26H35N3O2/c1-15(2)29(16(3)4)24(30)23-17(5)19-13-26(31)22-12-18-8-6-7-9-20(18)25(26,10-11-27-22)14-21(19)28-23/h6-9,15-16,22,27-28,31H,10-14H2,1-5H3. The number of aliphatic hydroxyl groups is 1. The summed E-state index contributed by atoms with van der Waals surface area (Å²) in [6, 6.07) is 8.94. The Bertz CT molecular complexity index is 1030. The molecule has 3 atom stereocenters. The summed E-state index contributed by atoms with van der Waals surface area (Å²) in [7, 11) is 0. The zero-order chi connectivity index (χ0) is 22.1.